The maximum absolute atomic E-state index is 14.3. The summed E-state index contributed by atoms with van der Waals surface area (Å²) in [5, 5.41) is 0. The van der Waals surface area contributed by atoms with Crippen LogP contribution in [-0.4, -0.2) is 0 Å². The molecule has 5 rings (SSSR count). The number of benzene rings is 4. The minimum absolute atomic E-state index is 0.0994. The zero-order valence-electron chi connectivity index (χ0n) is 15.5. The van der Waals surface area contributed by atoms with Crippen LogP contribution in [0, 0.1) is 11.6 Å². The number of nitrogens with two attached hydrogens (primary N) is 2. The second kappa shape index (κ2) is 6.45. The average molecular weight is 384 g/mol. The molecular weight excluding hydrogens is 366 g/mol. The van der Waals surface area contributed by atoms with Gasteiger partial charge >= 0.3 is 0 Å². The second-order valence-electron chi connectivity index (χ2n) is 7.32. The van der Waals surface area contributed by atoms with Crippen molar-refractivity contribution in [2.24, 2.45) is 0 Å². The van der Waals surface area contributed by atoms with Gasteiger partial charge in [-0.25, -0.2) is 8.78 Å². The molecule has 29 heavy (non-hydrogen) atoms. The molecule has 0 unspecified atom stereocenters. The standard InChI is InChI=1S/C25H18F2N2/c26-21-12-15(5-9-23(21)28)18-7-8-19-17-4-2-1-3-14(17)11-20(19)25(18)16-6-10-24(29)22(27)13-16/h1-10,12-13H,11,28-29H2. The van der Waals surface area contributed by atoms with Crippen LogP contribution in [0.15, 0.2) is 72.8 Å². The first kappa shape index (κ1) is 17.4. The second-order valence-corrected chi connectivity index (χ2v) is 7.32. The van der Waals surface area contributed by atoms with E-state index in [0.717, 1.165) is 28.7 Å². The molecule has 4 heteroatoms. The predicted octanol–water partition coefficient (Wildman–Crippen LogP) is 6.03. The van der Waals surface area contributed by atoms with Crippen molar-refractivity contribution in [3.8, 4) is 33.4 Å². The van der Waals surface area contributed by atoms with Crippen LogP contribution in [0.2, 0.25) is 0 Å². The Morgan fingerprint density at radius 2 is 1.24 bits per heavy atom. The van der Waals surface area contributed by atoms with E-state index in [1.165, 1.54) is 23.3 Å². The lowest BCUT2D eigenvalue weighted by Gasteiger charge is -2.17. The molecule has 0 saturated heterocycles. The fraction of sp³-hybridized carbons (Fsp3) is 0.0400. The molecule has 0 saturated carbocycles. The molecule has 4 N–H and O–H groups in total. The van der Waals surface area contributed by atoms with E-state index in [2.05, 4.69) is 18.2 Å². The van der Waals surface area contributed by atoms with Crippen molar-refractivity contribution < 1.29 is 8.78 Å². The fourth-order valence-electron chi connectivity index (χ4n) is 4.16. The van der Waals surface area contributed by atoms with E-state index in [9.17, 15) is 8.78 Å². The van der Waals surface area contributed by atoms with Crippen molar-refractivity contribution in [2.45, 2.75) is 6.42 Å². The van der Waals surface area contributed by atoms with E-state index in [1.54, 1.807) is 18.2 Å². The van der Waals surface area contributed by atoms with Crippen LogP contribution in [0.1, 0.15) is 11.1 Å². The molecule has 1 aliphatic rings. The third-order valence-corrected chi connectivity index (χ3v) is 5.59. The smallest absolute Gasteiger partial charge is 0.146 e. The van der Waals surface area contributed by atoms with Crippen LogP contribution < -0.4 is 11.5 Å². The molecule has 0 aromatic heterocycles. The highest BCUT2D eigenvalue weighted by atomic mass is 19.1. The van der Waals surface area contributed by atoms with E-state index >= 15 is 0 Å². The first-order valence-electron chi connectivity index (χ1n) is 9.38. The van der Waals surface area contributed by atoms with E-state index in [1.807, 2.05) is 24.3 Å². The summed E-state index contributed by atoms with van der Waals surface area (Å²) in [6.45, 7) is 0. The third kappa shape index (κ3) is 2.76. The number of nitrogen functional groups attached to an aromatic ring is 2. The van der Waals surface area contributed by atoms with Gasteiger partial charge in [-0.15, -0.1) is 0 Å². The molecular formula is C25H18F2N2. The maximum Gasteiger partial charge on any atom is 0.146 e. The molecule has 0 radical (unpaired) electrons. The van der Waals surface area contributed by atoms with Gasteiger partial charge in [-0.2, -0.15) is 0 Å². The summed E-state index contributed by atoms with van der Waals surface area (Å²) >= 11 is 0. The quantitative estimate of drug-likeness (QED) is 0.365. The molecule has 4 aromatic rings. The molecule has 0 amide bonds. The molecule has 0 atom stereocenters. The zero-order valence-corrected chi connectivity index (χ0v) is 15.5. The monoisotopic (exact) mass is 384 g/mol. The summed E-state index contributed by atoms with van der Waals surface area (Å²) < 4.78 is 28.5. The fourth-order valence-corrected chi connectivity index (χ4v) is 4.16. The number of halogens is 2. The first-order chi connectivity index (χ1) is 14.0. The highest BCUT2D eigenvalue weighted by Crippen LogP contribution is 2.46. The van der Waals surface area contributed by atoms with Crippen LogP contribution >= 0.6 is 0 Å². The van der Waals surface area contributed by atoms with Crippen molar-refractivity contribution in [1.29, 1.82) is 0 Å². The summed E-state index contributed by atoms with van der Waals surface area (Å²) in [7, 11) is 0. The predicted molar refractivity (Wildman–Crippen MR) is 114 cm³/mol. The topological polar surface area (TPSA) is 52.0 Å². The number of rotatable bonds is 2. The molecule has 4 aromatic carbocycles. The van der Waals surface area contributed by atoms with Gasteiger partial charge in [0.2, 0.25) is 0 Å². The highest BCUT2D eigenvalue weighted by molar-refractivity contribution is 5.94. The molecule has 0 bridgehead atoms. The molecule has 0 aliphatic heterocycles. The van der Waals surface area contributed by atoms with Crippen molar-refractivity contribution in [3.05, 3.63) is 95.6 Å². The van der Waals surface area contributed by atoms with E-state index in [-0.39, 0.29) is 11.4 Å². The van der Waals surface area contributed by atoms with Crippen LogP contribution in [-0.2, 0) is 6.42 Å². The van der Waals surface area contributed by atoms with Crippen molar-refractivity contribution >= 4 is 11.4 Å². The van der Waals surface area contributed by atoms with E-state index < -0.39 is 11.6 Å². The first-order valence-corrected chi connectivity index (χ1v) is 9.38. The highest BCUT2D eigenvalue weighted by Gasteiger charge is 2.24. The molecule has 0 spiro atoms. The number of hydrogen-bond acceptors (Lipinski definition) is 2. The van der Waals surface area contributed by atoms with Crippen LogP contribution in [0.3, 0.4) is 0 Å². The summed E-state index contributed by atoms with van der Waals surface area (Å²) in [4.78, 5) is 0. The Hall–Kier alpha value is -3.66. The summed E-state index contributed by atoms with van der Waals surface area (Å²) in [5.74, 6) is -0.939. The lowest BCUT2D eigenvalue weighted by atomic mass is 9.87. The van der Waals surface area contributed by atoms with Gasteiger partial charge in [0.05, 0.1) is 11.4 Å². The largest absolute Gasteiger partial charge is 0.396 e. The lowest BCUT2D eigenvalue weighted by Crippen LogP contribution is -1.97. The summed E-state index contributed by atoms with van der Waals surface area (Å²) in [5.41, 5.74) is 19.3. The van der Waals surface area contributed by atoms with Crippen molar-refractivity contribution in [1.82, 2.24) is 0 Å². The average Bonchev–Trinajstić information content (AvgIpc) is 3.10. The van der Waals surface area contributed by atoms with Gasteiger partial charge in [0.1, 0.15) is 11.6 Å². The van der Waals surface area contributed by atoms with Crippen molar-refractivity contribution in [3.63, 3.8) is 0 Å². The van der Waals surface area contributed by atoms with Gasteiger partial charge in [0.25, 0.3) is 0 Å². The van der Waals surface area contributed by atoms with Gasteiger partial charge in [-0.1, -0.05) is 48.5 Å². The summed E-state index contributed by atoms with van der Waals surface area (Å²) in [6, 6.07) is 21.9. The van der Waals surface area contributed by atoms with Gasteiger partial charge in [0.15, 0.2) is 0 Å². The SMILES string of the molecule is Nc1ccc(-c2ccc3c(c2-c2ccc(N)c(F)c2)Cc2ccccc2-3)cc1F. The molecule has 0 heterocycles. The Balaban J connectivity index is 1.81. The van der Waals surface area contributed by atoms with Gasteiger partial charge in [-0.3, -0.25) is 0 Å². The molecule has 1 aliphatic carbocycles. The Morgan fingerprint density at radius 1 is 0.621 bits per heavy atom. The van der Waals surface area contributed by atoms with E-state index in [0.29, 0.717) is 11.1 Å². The minimum Gasteiger partial charge on any atom is -0.396 e. The third-order valence-electron chi connectivity index (χ3n) is 5.59. The Bertz CT molecular complexity index is 1280. The van der Waals surface area contributed by atoms with Crippen LogP contribution in [0.5, 0.6) is 0 Å². The maximum atomic E-state index is 14.3. The van der Waals surface area contributed by atoms with Crippen LogP contribution in [0.25, 0.3) is 33.4 Å². The normalized spacial score (nSPS) is 11.9. The molecule has 0 fully saturated rings. The molecule has 142 valence electrons. The number of hydrogen-bond donors (Lipinski definition) is 2. The number of anilines is 2. The zero-order chi connectivity index (χ0) is 20.1. The van der Waals surface area contributed by atoms with Crippen molar-refractivity contribution in [2.75, 3.05) is 11.5 Å². The minimum atomic E-state index is -0.472. The number of fused-ring (bicyclic) bond motifs is 3. The van der Waals surface area contributed by atoms with Gasteiger partial charge in [0, 0.05) is 0 Å². The summed E-state index contributed by atoms with van der Waals surface area (Å²) in [6.07, 6.45) is 0.734. The molecule has 2 nitrogen and oxygen atoms in total. The van der Waals surface area contributed by atoms with Crippen LogP contribution in [0.4, 0.5) is 20.2 Å². The van der Waals surface area contributed by atoms with Gasteiger partial charge in [-0.05, 0) is 75.2 Å². The Morgan fingerprint density at radius 3 is 1.97 bits per heavy atom. The van der Waals surface area contributed by atoms with E-state index in [4.69, 9.17) is 11.5 Å². The lowest BCUT2D eigenvalue weighted by molar-refractivity contribution is 0.632. The van der Waals surface area contributed by atoms with Gasteiger partial charge < -0.3 is 11.5 Å². The Labute approximate surface area is 167 Å². The Kier molecular flexibility index (Phi) is 3.88.